The van der Waals surface area contributed by atoms with E-state index in [1.54, 1.807) is 6.20 Å². The van der Waals surface area contributed by atoms with E-state index in [2.05, 4.69) is 10.3 Å². The van der Waals surface area contributed by atoms with Crippen LogP contribution in [0.5, 0.6) is 0 Å². The van der Waals surface area contributed by atoms with Gasteiger partial charge >= 0.3 is 6.09 Å². The van der Waals surface area contributed by atoms with Gasteiger partial charge in [0.15, 0.2) is 0 Å². The molecule has 0 spiro atoms. The van der Waals surface area contributed by atoms with Gasteiger partial charge in [0, 0.05) is 38.2 Å². The third-order valence-corrected chi connectivity index (χ3v) is 4.39. The van der Waals surface area contributed by atoms with E-state index in [1.807, 2.05) is 54.6 Å². The Bertz CT molecular complexity index is 793. The summed E-state index contributed by atoms with van der Waals surface area (Å²) in [6.07, 6.45) is 6.88. The number of carbonyl (C=O) groups excluding carboxylic acids is 2. The first-order chi connectivity index (χ1) is 12.3. The lowest BCUT2D eigenvalue weighted by Crippen LogP contribution is -2.44. The molecule has 1 aliphatic heterocycles. The van der Waals surface area contributed by atoms with Crippen LogP contribution in [0.2, 0.25) is 0 Å². The first kappa shape index (κ1) is 18.2. The molecule has 1 aliphatic rings. The number of alkyl carbamates (subject to hydrolysis) is 1. The summed E-state index contributed by atoms with van der Waals surface area (Å²) in [5.41, 5.74) is 0.770. The minimum atomic E-state index is -0.512. The van der Waals surface area contributed by atoms with Crippen molar-refractivity contribution >= 4 is 17.6 Å². The van der Waals surface area contributed by atoms with Gasteiger partial charge < -0.3 is 19.4 Å². The smallest absolute Gasteiger partial charge is 0.407 e. The molecule has 2 aromatic rings. The zero-order valence-corrected chi connectivity index (χ0v) is 15.6. The number of hydrogen-bond donors (Lipinski definition) is 1. The number of hydrogen-bond acceptors (Lipinski definition) is 4. The summed E-state index contributed by atoms with van der Waals surface area (Å²) in [7, 11) is 0. The molecule has 2 aromatic heterocycles. The number of imidazole rings is 1. The zero-order valence-electron chi connectivity index (χ0n) is 15.6. The van der Waals surface area contributed by atoms with Gasteiger partial charge in [-0.1, -0.05) is 0 Å². The maximum Gasteiger partial charge on any atom is 0.407 e. The molecule has 3 rings (SSSR count). The van der Waals surface area contributed by atoms with E-state index < -0.39 is 11.7 Å². The molecular formula is C19H26N4O3. The molecule has 3 heterocycles. The number of amides is 2. The Hall–Kier alpha value is -2.57. The normalized spacial score (nSPS) is 18.0. The third kappa shape index (κ3) is 4.33. The molecule has 140 valence electrons. The summed E-state index contributed by atoms with van der Waals surface area (Å²) in [5.74, 6) is 0.212. The van der Waals surface area contributed by atoms with Crippen molar-refractivity contribution in [2.45, 2.75) is 39.2 Å². The molecule has 1 atom stereocenters. The van der Waals surface area contributed by atoms with E-state index >= 15 is 0 Å². The Balaban J connectivity index is 1.60. The van der Waals surface area contributed by atoms with Crippen LogP contribution in [0.4, 0.5) is 4.79 Å². The van der Waals surface area contributed by atoms with E-state index in [0.717, 1.165) is 19.4 Å². The van der Waals surface area contributed by atoms with Crippen molar-refractivity contribution in [2.24, 2.45) is 5.92 Å². The molecule has 0 aromatic carbocycles. The average molecular weight is 358 g/mol. The van der Waals surface area contributed by atoms with Gasteiger partial charge in [-0.25, -0.2) is 9.78 Å². The number of ether oxygens (including phenoxy) is 1. The highest BCUT2D eigenvalue weighted by molar-refractivity contribution is 5.99. The zero-order chi connectivity index (χ0) is 18.7. The minimum Gasteiger partial charge on any atom is -0.444 e. The first-order valence-corrected chi connectivity index (χ1v) is 9.01. The highest BCUT2D eigenvalue weighted by Crippen LogP contribution is 2.20. The fourth-order valence-corrected chi connectivity index (χ4v) is 3.24. The van der Waals surface area contributed by atoms with Crippen LogP contribution in [0.15, 0.2) is 30.7 Å². The Morgan fingerprint density at radius 3 is 2.92 bits per heavy atom. The number of likely N-dealkylation sites (tertiary alicyclic amines) is 1. The molecule has 1 N–H and O–H groups in total. The predicted molar refractivity (Wildman–Crippen MR) is 98.1 cm³/mol. The van der Waals surface area contributed by atoms with Crippen molar-refractivity contribution in [3.8, 4) is 0 Å². The van der Waals surface area contributed by atoms with Crippen LogP contribution in [0.25, 0.3) is 5.65 Å². The Kier molecular flexibility index (Phi) is 5.15. The molecule has 0 aliphatic carbocycles. The maximum absolute atomic E-state index is 12.9. The number of nitrogens with one attached hydrogen (secondary N) is 1. The van der Waals surface area contributed by atoms with Gasteiger partial charge in [0.1, 0.15) is 11.2 Å². The monoisotopic (exact) mass is 358 g/mol. The molecule has 1 saturated heterocycles. The number of carbonyl (C=O) groups is 2. The molecule has 1 fully saturated rings. The molecular weight excluding hydrogens is 332 g/mol. The highest BCUT2D eigenvalue weighted by atomic mass is 16.6. The van der Waals surface area contributed by atoms with Crippen molar-refractivity contribution in [2.75, 3.05) is 19.6 Å². The Morgan fingerprint density at radius 1 is 1.35 bits per heavy atom. The van der Waals surface area contributed by atoms with Gasteiger partial charge in [-0.05, 0) is 51.7 Å². The van der Waals surface area contributed by atoms with E-state index in [4.69, 9.17) is 4.74 Å². The molecule has 0 saturated carbocycles. The number of pyridine rings is 1. The second-order valence-corrected chi connectivity index (χ2v) is 7.72. The summed E-state index contributed by atoms with van der Waals surface area (Å²) in [4.78, 5) is 30.9. The SMILES string of the molecule is CC(C)(C)OC(=O)NC[C@H]1CCCN(C(=O)c2cccn3ccnc23)C1. The summed E-state index contributed by atoms with van der Waals surface area (Å²) in [6.45, 7) is 7.36. The molecule has 0 bridgehead atoms. The van der Waals surface area contributed by atoms with Crippen LogP contribution >= 0.6 is 0 Å². The fraction of sp³-hybridized carbons (Fsp3) is 0.526. The van der Waals surface area contributed by atoms with Crippen molar-refractivity contribution in [3.05, 3.63) is 36.3 Å². The van der Waals surface area contributed by atoms with Crippen LogP contribution in [0.3, 0.4) is 0 Å². The molecule has 7 heteroatoms. The number of nitrogens with zero attached hydrogens (tertiary/aromatic N) is 3. The second-order valence-electron chi connectivity index (χ2n) is 7.72. The summed E-state index contributed by atoms with van der Waals surface area (Å²) in [6, 6.07) is 3.67. The second kappa shape index (κ2) is 7.35. The lowest BCUT2D eigenvalue weighted by Gasteiger charge is -2.33. The van der Waals surface area contributed by atoms with Crippen molar-refractivity contribution in [3.63, 3.8) is 0 Å². The molecule has 7 nitrogen and oxygen atoms in total. The number of aromatic nitrogens is 2. The average Bonchev–Trinajstić information content (AvgIpc) is 3.07. The molecule has 2 amide bonds. The van der Waals surface area contributed by atoms with Crippen LogP contribution in [-0.2, 0) is 4.74 Å². The van der Waals surface area contributed by atoms with Crippen LogP contribution < -0.4 is 5.32 Å². The lowest BCUT2D eigenvalue weighted by molar-refractivity contribution is 0.0503. The number of fused-ring (bicyclic) bond motifs is 1. The van der Waals surface area contributed by atoms with Gasteiger partial charge in [-0.3, -0.25) is 4.79 Å². The topological polar surface area (TPSA) is 75.9 Å². The van der Waals surface area contributed by atoms with E-state index in [9.17, 15) is 9.59 Å². The van der Waals surface area contributed by atoms with Crippen molar-refractivity contribution in [1.29, 1.82) is 0 Å². The van der Waals surface area contributed by atoms with Crippen LogP contribution in [-0.4, -0.2) is 51.5 Å². The van der Waals surface area contributed by atoms with Crippen molar-refractivity contribution in [1.82, 2.24) is 19.6 Å². The van der Waals surface area contributed by atoms with Crippen LogP contribution in [0, 0.1) is 5.92 Å². The Morgan fingerprint density at radius 2 is 2.15 bits per heavy atom. The molecule has 26 heavy (non-hydrogen) atoms. The van der Waals surface area contributed by atoms with E-state index in [1.165, 1.54) is 0 Å². The molecule has 0 radical (unpaired) electrons. The maximum atomic E-state index is 12.9. The quantitative estimate of drug-likeness (QED) is 0.915. The summed E-state index contributed by atoms with van der Waals surface area (Å²) >= 11 is 0. The third-order valence-electron chi connectivity index (χ3n) is 4.39. The van der Waals surface area contributed by atoms with Gasteiger partial charge in [0.05, 0.1) is 5.56 Å². The predicted octanol–water partition coefficient (Wildman–Crippen LogP) is 2.71. The number of piperidine rings is 1. The van der Waals surface area contributed by atoms with Gasteiger partial charge in [0.25, 0.3) is 5.91 Å². The number of rotatable bonds is 3. The van der Waals surface area contributed by atoms with Gasteiger partial charge in [-0.15, -0.1) is 0 Å². The standard InChI is InChI=1S/C19H26N4O3/c1-19(2,3)26-18(25)21-12-14-6-4-10-23(13-14)17(24)15-7-5-9-22-11-8-20-16(15)22/h5,7-9,11,14H,4,6,10,12-13H2,1-3H3,(H,21,25)/t14-/m1/s1. The summed E-state index contributed by atoms with van der Waals surface area (Å²) in [5, 5.41) is 2.82. The van der Waals surface area contributed by atoms with E-state index in [-0.39, 0.29) is 11.8 Å². The van der Waals surface area contributed by atoms with Crippen LogP contribution in [0.1, 0.15) is 44.0 Å². The lowest BCUT2D eigenvalue weighted by atomic mass is 9.97. The summed E-state index contributed by atoms with van der Waals surface area (Å²) < 4.78 is 7.12. The Labute approximate surface area is 153 Å². The molecule has 0 unspecified atom stereocenters. The first-order valence-electron chi connectivity index (χ1n) is 9.01. The van der Waals surface area contributed by atoms with E-state index in [0.29, 0.717) is 24.3 Å². The minimum absolute atomic E-state index is 0.0104. The van der Waals surface area contributed by atoms with Gasteiger partial charge in [-0.2, -0.15) is 0 Å². The van der Waals surface area contributed by atoms with Gasteiger partial charge in [0.2, 0.25) is 0 Å². The fourth-order valence-electron chi connectivity index (χ4n) is 3.24. The largest absolute Gasteiger partial charge is 0.444 e. The highest BCUT2D eigenvalue weighted by Gasteiger charge is 2.26. The van der Waals surface area contributed by atoms with Crippen molar-refractivity contribution < 1.29 is 14.3 Å².